The molecule has 0 spiro atoms. The topological polar surface area (TPSA) is 83.6 Å². The summed E-state index contributed by atoms with van der Waals surface area (Å²) >= 11 is 0. The largest absolute Gasteiger partial charge is 0.480 e. The number of amides is 1. The van der Waals surface area contributed by atoms with Crippen LogP contribution in [0.1, 0.15) is 36.0 Å². The summed E-state index contributed by atoms with van der Waals surface area (Å²) in [4.78, 5) is 30.0. The highest BCUT2D eigenvalue weighted by Crippen LogP contribution is 2.32. The van der Waals surface area contributed by atoms with Gasteiger partial charge >= 0.3 is 5.97 Å². The highest BCUT2D eigenvalue weighted by Gasteiger charge is 2.47. The predicted molar refractivity (Wildman–Crippen MR) is 83.0 cm³/mol. The maximum absolute atomic E-state index is 12.8. The van der Waals surface area contributed by atoms with E-state index in [2.05, 4.69) is 4.98 Å². The molecule has 120 valence electrons. The maximum atomic E-state index is 12.8. The van der Waals surface area contributed by atoms with E-state index in [0.717, 1.165) is 5.56 Å². The molecule has 1 aliphatic rings. The summed E-state index contributed by atoms with van der Waals surface area (Å²) in [7, 11) is 0. The van der Waals surface area contributed by atoms with E-state index in [1.54, 1.807) is 13.8 Å². The molecule has 6 heteroatoms. The van der Waals surface area contributed by atoms with Gasteiger partial charge in [0.05, 0.1) is 5.69 Å². The van der Waals surface area contributed by atoms with Crippen LogP contribution in [0.4, 0.5) is 0 Å². The number of carboxylic acid groups (broad SMARTS) is 1. The number of nitrogens with zero attached hydrogens (tertiary/aromatic N) is 2. The summed E-state index contributed by atoms with van der Waals surface area (Å²) in [6, 6.07) is 9.29. The SMILES string of the molecule is Cc1nc(-c2ccccc2)oc1C(=O)N1CCCC1(C)C(=O)O. The van der Waals surface area contributed by atoms with Gasteiger partial charge in [-0.3, -0.25) is 4.79 Å². The molecule has 1 N–H and O–H groups in total. The Balaban J connectivity index is 1.95. The Labute approximate surface area is 133 Å². The Morgan fingerprint density at radius 2 is 2.00 bits per heavy atom. The van der Waals surface area contributed by atoms with Crippen LogP contribution in [-0.2, 0) is 4.79 Å². The lowest BCUT2D eigenvalue weighted by Crippen LogP contribution is -2.50. The third-order valence-electron chi connectivity index (χ3n) is 4.36. The highest BCUT2D eigenvalue weighted by molar-refractivity contribution is 5.97. The van der Waals surface area contributed by atoms with Crippen molar-refractivity contribution in [2.45, 2.75) is 32.2 Å². The molecule has 1 aliphatic heterocycles. The van der Waals surface area contributed by atoms with Gasteiger partial charge < -0.3 is 14.4 Å². The van der Waals surface area contributed by atoms with Crippen LogP contribution in [-0.4, -0.2) is 39.0 Å². The summed E-state index contributed by atoms with van der Waals surface area (Å²) in [6.45, 7) is 3.67. The minimum atomic E-state index is -1.19. The molecule has 1 amide bonds. The zero-order valence-electron chi connectivity index (χ0n) is 13.1. The Kier molecular flexibility index (Phi) is 3.67. The van der Waals surface area contributed by atoms with E-state index in [1.807, 2.05) is 30.3 Å². The monoisotopic (exact) mass is 314 g/mol. The molecule has 3 rings (SSSR count). The molecular formula is C17H18N2O4. The van der Waals surface area contributed by atoms with Gasteiger partial charge in [0.1, 0.15) is 5.54 Å². The van der Waals surface area contributed by atoms with Gasteiger partial charge in [-0.15, -0.1) is 0 Å². The van der Waals surface area contributed by atoms with Crippen LogP contribution < -0.4 is 0 Å². The lowest BCUT2D eigenvalue weighted by Gasteiger charge is -2.30. The van der Waals surface area contributed by atoms with Crippen molar-refractivity contribution in [3.63, 3.8) is 0 Å². The molecule has 2 heterocycles. The summed E-state index contributed by atoms with van der Waals surface area (Å²) in [6.07, 6.45) is 1.10. The number of oxazole rings is 1. The van der Waals surface area contributed by atoms with E-state index in [-0.39, 0.29) is 5.76 Å². The van der Waals surface area contributed by atoms with Gasteiger partial charge in [-0.1, -0.05) is 18.2 Å². The number of hydrogen-bond donors (Lipinski definition) is 1. The molecule has 23 heavy (non-hydrogen) atoms. The van der Waals surface area contributed by atoms with E-state index in [4.69, 9.17) is 4.42 Å². The number of aryl methyl sites for hydroxylation is 1. The van der Waals surface area contributed by atoms with E-state index in [1.165, 1.54) is 4.90 Å². The number of aromatic nitrogens is 1. The predicted octanol–water partition coefficient (Wildman–Crippen LogP) is 2.73. The average Bonchev–Trinajstić information content (AvgIpc) is 3.12. The summed E-state index contributed by atoms with van der Waals surface area (Å²) in [5.74, 6) is -0.940. The van der Waals surface area contributed by atoms with Crippen LogP contribution in [0.5, 0.6) is 0 Å². The third-order valence-corrected chi connectivity index (χ3v) is 4.36. The molecule has 6 nitrogen and oxygen atoms in total. The molecular weight excluding hydrogens is 296 g/mol. The van der Waals surface area contributed by atoms with Crippen molar-refractivity contribution in [3.8, 4) is 11.5 Å². The number of benzene rings is 1. The van der Waals surface area contributed by atoms with Crippen LogP contribution in [0.15, 0.2) is 34.7 Å². The lowest BCUT2D eigenvalue weighted by atomic mass is 9.99. The first-order chi connectivity index (χ1) is 10.9. The van der Waals surface area contributed by atoms with Crippen molar-refractivity contribution in [1.29, 1.82) is 0 Å². The van der Waals surface area contributed by atoms with Gasteiger partial charge in [0.25, 0.3) is 5.91 Å². The second kappa shape index (κ2) is 5.53. The zero-order chi connectivity index (χ0) is 16.6. The van der Waals surface area contributed by atoms with Crippen molar-refractivity contribution in [2.24, 2.45) is 0 Å². The smallest absolute Gasteiger partial charge is 0.329 e. The second-order valence-electron chi connectivity index (χ2n) is 5.94. The van der Waals surface area contributed by atoms with Gasteiger partial charge in [0.15, 0.2) is 0 Å². The first-order valence-corrected chi connectivity index (χ1v) is 7.51. The molecule has 2 aromatic rings. The van der Waals surface area contributed by atoms with Crippen molar-refractivity contribution >= 4 is 11.9 Å². The molecule has 1 aromatic heterocycles. The van der Waals surface area contributed by atoms with Crippen LogP contribution in [0, 0.1) is 6.92 Å². The molecule has 0 aliphatic carbocycles. The first-order valence-electron chi connectivity index (χ1n) is 7.51. The van der Waals surface area contributed by atoms with Crippen molar-refractivity contribution in [1.82, 2.24) is 9.88 Å². The molecule has 1 fully saturated rings. The molecule has 1 saturated heterocycles. The fraction of sp³-hybridized carbons (Fsp3) is 0.353. The van der Waals surface area contributed by atoms with Gasteiger partial charge in [-0.05, 0) is 38.8 Å². The number of rotatable bonds is 3. The quantitative estimate of drug-likeness (QED) is 0.941. The molecule has 1 atom stereocenters. The fourth-order valence-electron chi connectivity index (χ4n) is 2.93. The number of carbonyl (C=O) groups excluding carboxylic acids is 1. The minimum absolute atomic E-state index is 0.109. The van der Waals surface area contributed by atoms with Gasteiger partial charge in [-0.25, -0.2) is 9.78 Å². The van der Waals surface area contributed by atoms with E-state index in [0.29, 0.717) is 31.0 Å². The Hall–Kier alpha value is -2.63. The number of aliphatic carboxylic acids is 1. The minimum Gasteiger partial charge on any atom is -0.480 e. The molecule has 1 aromatic carbocycles. The second-order valence-corrected chi connectivity index (χ2v) is 5.94. The fourth-order valence-corrected chi connectivity index (χ4v) is 2.93. The average molecular weight is 314 g/mol. The third kappa shape index (κ3) is 2.50. The van der Waals surface area contributed by atoms with E-state index in [9.17, 15) is 14.7 Å². The van der Waals surface area contributed by atoms with Crippen molar-refractivity contribution < 1.29 is 19.1 Å². The molecule has 0 saturated carbocycles. The Morgan fingerprint density at radius 1 is 1.30 bits per heavy atom. The van der Waals surface area contributed by atoms with Crippen LogP contribution >= 0.6 is 0 Å². The molecule has 0 bridgehead atoms. The Morgan fingerprint density at radius 3 is 2.65 bits per heavy atom. The number of carboxylic acids is 1. The van der Waals surface area contributed by atoms with Gasteiger partial charge in [-0.2, -0.15) is 0 Å². The van der Waals surface area contributed by atoms with Crippen LogP contribution in [0.25, 0.3) is 11.5 Å². The van der Waals surface area contributed by atoms with Crippen molar-refractivity contribution in [3.05, 3.63) is 41.8 Å². The standard InChI is InChI=1S/C17H18N2O4/c1-11-13(23-14(18-11)12-7-4-3-5-8-12)15(20)19-10-6-9-17(19,2)16(21)22/h3-5,7-8H,6,9-10H2,1-2H3,(H,21,22). The summed E-state index contributed by atoms with van der Waals surface area (Å²) in [5, 5.41) is 9.45. The Bertz CT molecular complexity index is 753. The lowest BCUT2D eigenvalue weighted by molar-refractivity contribution is -0.147. The summed E-state index contributed by atoms with van der Waals surface area (Å²) < 4.78 is 5.65. The van der Waals surface area contributed by atoms with Crippen LogP contribution in [0.3, 0.4) is 0 Å². The molecule has 0 radical (unpaired) electrons. The first kappa shape index (κ1) is 15.3. The summed E-state index contributed by atoms with van der Waals surface area (Å²) in [5.41, 5.74) is 0.0500. The number of likely N-dealkylation sites (tertiary alicyclic amines) is 1. The highest BCUT2D eigenvalue weighted by atomic mass is 16.4. The number of carbonyl (C=O) groups is 2. The van der Waals surface area contributed by atoms with E-state index < -0.39 is 17.4 Å². The zero-order valence-corrected chi connectivity index (χ0v) is 13.1. The van der Waals surface area contributed by atoms with E-state index >= 15 is 0 Å². The normalized spacial score (nSPS) is 20.7. The van der Waals surface area contributed by atoms with Gasteiger partial charge in [0, 0.05) is 12.1 Å². The van der Waals surface area contributed by atoms with Crippen molar-refractivity contribution in [2.75, 3.05) is 6.54 Å². The number of hydrogen-bond acceptors (Lipinski definition) is 4. The molecule has 1 unspecified atom stereocenters. The maximum Gasteiger partial charge on any atom is 0.329 e. The van der Waals surface area contributed by atoms with Crippen LogP contribution in [0.2, 0.25) is 0 Å². The van der Waals surface area contributed by atoms with Gasteiger partial charge in [0.2, 0.25) is 11.7 Å².